The van der Waals surface area contributed by atoms with E-state index in [0.717, 1.165) is 55.8 Å². The number of imidazole rings is 1. The first kappa shape index (κ1) is 25.4. The number of aromatic nitrogens is 3. The summed E-state index contributed by atoms with van der Waals surface area (Å²) < 4.78 is 28.2. The maximum atomic E-state index is 12.7. The molecule has 0 aliphatic rings. The van der Waals surface area contributed by atoms with Gasteiger partial charge in [-0.3, -0.25) is 4.57 Å². The van der Waals surface area contributed by atoms with Crippen LogP contribution in [-0.2, 0) is 22.9 Å². The topological polar surface area (TPSA) is 97.2 Å². The van der Waals surface area contributed by atoms with E-state index in [4.69, 9.17) is 9.97 Å². The highest BCUT2D eigenvalue weighted by atomic mass is 32.2. The minimum Gasteiger partial charge on any atom is -0.337 e. The predicted octanol–water partition coefficient (Wildman–Crippen LogP) is 4.48. The molecule has 1 N–H and O–H groups in total. The molecule has 4 rings (SSSR count). The number of hydrogen-bond donors (Lipinski definition) is 1. The summed E-state index contributed by atoms with van der Waals surface area (Å²) in [5, 5.41) is 2.70. The second kappa shape index (κ2) is 10.1. The first-order valence-corrected chi connectivity index (χ1v) is 13.3. The second-order valence-corrected chi connectivity index (χ2v) is 10.9. The molecular formula is C27H31N5O3S. The Bertz CT molecular complexity index is 1510. The number of carbonyl (C=O) groups excluding carboxylic acids is 1. The maximum Gasteiger partial charge on any atom is 0.331 e. The third-order valence-electron chi connectivity index (χ3n) is 6.17. The van der Waals surface area contributed by atoms with Crippen LogP contribution in [0.15, 0.2) is 59.5 Å². The van der Waals surface area contributed by atoms with Crippen LogP contribution < -0.4 is 5.32 Å². The summed E-state index contributed by atoms with van der Waals surface area (Å²) in [6, 6.07) is 15.8. The number of fused-ring (bicyclic) bond motifs is 1. The number of aryl methyl sites for hydroxylation is 4. The Kier molecular flexibility index (Phi) is 7.12. The first-order valence-electron chi connectivity index (χ1n) is 11.9. The molecule has 188 valence electrons. The smallest absolute Gasteiger partial charge is 0.331 e. The van der Waals surface area contributed by atoms with Crippen molar-refractivity contribution in [3.8, 4) is 5.69 Å². The molecule has 36 heavy (non-hydrogen) atoms. The van der Waals surface area contributed by atoms with E-state index < -0.39 is 16.1 Å². The van der Waals surface area contributed by atoms with Gasteiger partial charge in [-0.25, -0.2) is 27.5 Å². The van der Waals surface area contributed by atoms with Gasteiger partial charge in [0.25, 0.3) is 10.0 Å². The Hall–Kier alpha value is -3.72. The quantitative estimate of drug-likeness (QED) is 0.399. The monoisotopic (exact) mass is 505 g/mol. The number of carbonyl (C=O) groups is 1. The summed E-state index contributed by atoms with van der Waals surface area (Å²) in [5.74, 6) is 0.948. The molecule has 0 aliphatic heterocycles. The Labute approximate surface area is 212 Å². The molecule has 8 nitrogen and oxygen atoms in total. The third kappa shape index (κ3) is 4.97. The number of hydrogen-bond acceptors (Lipinski definition) is 5. The van der Waals surface area contributed by atoms with E-state index in [1.165, 1.54) is 19.2 Å². The van der Waals surface area contributed by atoms with Gasteiger partial charge < -0.3 is 5.32 Å². The number of urea groups is 1. The van der Waals surface area contributed by atoms with Crippen molar-refractivity contribution >= 4 is 27.2 Å². The van der Waals surface area contributed by atoms with Gasteiger partial charge in [-0.05, 0) is 68.7 Å². The van der Waals surface area contributed by atoms with Crippen molar-refractivity contribution in [1.82, 2.24) is 24.2 Å². The van der Waals surface area contributed by atoms with E-state index in [-0.39, 0.29) is 4.90 Å². The van der Waals surface area contributed by atoms with Crippen LogP contribution in [0, 0.1) is 20.8 Å². The number of rotatable bonds is 7. The van der Waals surface area contributed by atoms with Gasteiger partial charge in [-0.2, -0.15) is 0 Å². The van der Waals surface area contributed by atoms with E-state index in [2.05, 4.69) is 23.7 Å². The van der Waals surface area contributed by atoms with Crippen LogP contribution in [0.3, 0.4) is 0 Å². The van der Waals surface area contributed by atoms with Gasteiger partial charge in [0.2, 0.25) is 0 Å². The zero-order chi connectivity index (χ0) is 26.0. The number of benzene rings is 2. The van der Waals surface area contributed by atoms with Crippen LogP contribution in [0.1, 0.15) is 35.1 Å². The molecule has 0 radical (unpaired) electrons. The molecule has 0 saturated heterocycles. The fourth-order valence-electron chi connectivity index (χ4n) is 4.13. The lowest BCUT2D eigenvalue weighted by Crippen LogP contribution is -2.41. The summed E-state index contributed by atoms with van der Waals surface area (Å²) in [5.41, 5.74) is 6.75. The first-order chi connectivity index (χ1) is 17.1. The lowest BCUT2D eigenvalue weighted by molar-refractivity contribution is 0.228. The molecule has 0 saturated carbocycles. The van der Waals surface area contributed by atoms with Gasteiger partial charge >= 0.3 is 6.03 Å². The van der Waals surface area contributed by atoms with Gasteiger partial charge in [-0.15, -0.1) is 0 Å². The molecule has 0 spiro atoms. The standard InChI is InChI=1S/C27H31N5O3S/c1-6-24-30-25-19(3)17-20(4)29-26(25)32(24)22-11-9-21(10-12-22)15-16-28-27(33)31(5)36(34,35)23-13-7-18(2)8-14-23/h7-14,17H,6,15-16H2,1-5H3,(H,28,33). The van der Waals surface area contributed by atoms with E-state index >= 15 is 0 Å². The van der Waals surface area contributed by atoms with Crippen molar-refractivity contribution in [1.29, 1.82) is 0 Å². The highest BCUT2D eigenvalue weighted by Gasteiger charge is 2.25. The zero-order valence-corrected chi connectivity index (χ0v) is 22.1. The molecule has 2 aromatic heterocycles. The summed E-state index contributed by atoms with van der Waals surface area (Å²) in [4.78, 5) is 22.1. The Morgan fingerprint density at radius 1 is 1.00 bits per heavy atom. The van der Waals surface area contributed by atoms with Crippen LogP contribution in [0.4, 0.5) is 4.79 Å². The molecular weight excluding hydrogens is 474 g/mol. The van der Waals surface area contributed by atoms with Crippen LogP contribution in [0.25, 0.3) is 16.9 Å². The van der Waals surface area contributed by atoms with Crippen molar-refractivity contribution in [2.24, 2.45) is 0 Å². The van der Waals surface area contributed by atoms with Crippen molar-refractivity contribution in [2.75, 3.05) is 13.6 Å². The molecule has 2 amide bonds. The molecule has 2 aromatic carbocycles. The Morgan fingerprint density at radius 2 is 1.67 bits per heavy atom. The summed E-state index contributed by atoms with van der Waals surface area (Å²) in [7, 11) is -2.64. The third-order valence-corrected chi connectivity index (χ3v) is 7.92. The van der Waals surface area contributed by atoms with Crippen LogP contribution in [0.5, 0.6) is 0 Å². The minimum absolute atomic E-state index is 0.0830. The summed E-state index contributed by atoms with van der Waals surface area (Å²) in [6.45, 7) is 8.29. The zero-order valence-electron chi connectivity index (χ0n) is 21.2. The molecule has 0 unspecified atom stereocenters. The van der Waals surface area contributed by atoms with Crippen molar-refractivity contribution in [3.05, 3.63) is 82.8 Å². The number of sulfonamides is 1. The number of nitrogens with one attached hydrogen (secondary N) is 1. The molecule has 0 fully saturated rings. The van der Waals surface area contributed by atoms with Crippen LogP contribution >= 0.6 is 0 Å². The fraction of sp³-hybridized carbons (Fsp3) is 0.296. The predicted molar refractivity (Wildman–Crippen MR) is 141 cm³/mol. The molecule has 2 heterocycles. The fourth-order valence-corrected chi connectivity index (χ4v) is 5.21. The maximum absolute atomic E-state index is 12.7. The van der Waals surface area contributed by atoms with Gasteiger partial charge in [-0.1, -0.05) is 36.8 Å². The average molecular weight is 506 g/mol. The van der Waals surface area contributed by atoms with Crippen molar-refractivity contribution < 1.29 is 13.2 Å². The van der Waals surface area contributed by atoms with Crippen LogP contribution in [0.2, 0.25) is 0 Å². The lowest BCUT2D eigenvalue weighted by atomic mass is 10.1. The Balaban J connectivity index is 1.43. The van der Waals surface area contributed by atoms with Crippen molar-refractivity contribution in [2.45, 2.75) is 45.4 Å². The van der Waals surface area contributed by atoms with E-state index in [9.17, 15) is 13.2 Å². The van der Waals surface area contributed by atoms with Crippen molar-refractivity contribution in [3.63, 3.8) is 0 Å². The molecule has 4 aromatic rings. The molecule has 0 aliphatic carbocycles. The summed E-state index contributed by atoms with van der Waals surface area (Å²) in [6.07, 6.45) is 1.34. The second-order valence-electron chi connectivity index (χ2n) is 8.90. The number of amides is 2. The lowest BCUT2D eigenvalue weighted by Gasteiger charge is -2.18. The van der Waals surface area contributed by atoms with Gasteiger partial charge in [0.1, 0.15) is 11.3 Å². The summed E-state index contributed by atoms with van der Waals surface area (Å²) >= 11 is 0. The van der Waals surface area contributed by atoms with Gasteiger partial charge in [0.05, 0.1) is 4.90 Å². The van der Waals surface area contributed by atoms with E-state index in [1.54, 1.807) is 12.1 Å². The van der Waals surface area contributed by atoms with E-state index in [1.807, 2.05) is 44.2 Å². The molecule has 9 heteroatoms. The largest absolute Gasteiger partial charge is 0.337 e. The molecule has 0 atom stereocenters. The van der Waals surface area contributed by atoms with Gasteiger partial charge in [0, 0.05) is 31.4 Å². The van der Waals surface area contributed by atoms with E-state index in [0.29, 0.717) is 13.0 Å². The minimum atomic E-state index is -3.90. The highest BCUT2D eigenvalue weighted by molar-refractivity contribution is 7.89. The van der Waals surface area contributed by atoms with Gasteiger partial charge in [0.15, 0.2) is 5.65 Å². The Morgan fingerprint density at radius 3 is 2.31 bits per heavy atom. The normalized spacial score (nSPS) is 11.6. The molecule has 0 bridgehead atoms. The number of nitrogens with zero attached hydrogens (tertiary/aromatic N) is 4. The van der Waals surface area contributed by atoms with Crippen LogP contribution in [-0.4, -0.2) is 46.9 Å². The SMILES string of the molecule is CCc1nc2c(C)cc(C)nc2n1-c1ccc(CCNC(=O)N(C)S(=O)(=O)c2ccc(C)cc2)cc1. The number of pyridine rings is 1. The highest BCUT2D eigenvalue weighted by Crippen LogP contribution is 2.24. The average Bonchev–Trinajstić information content (AvgIpc) is 3.23.